The highest BCUT2D eigenvalue weighted by Crippen LogP contribution is 2.29. The number of aromatic nitrogens is 2. The minimum Gasteiger partial charge on any atom is -0.495 e. The van der Waals surface area contributed by atoms with E-state index in [-0.39, 0.29) is 0 Å². The lowest BCUT2D eigenvalue weighted by atomic mass is 10.1. The van der Waals surface area contributed by atoms with Crippen LogP contribution in [-0.4, -0.2) is 23.2 Å². The van der Waals surface area contributed by atoms with Crippen molar-refractivity contribution in [3.63, 3.8) is 0 Å². The second kappa shape index (κ2) is 5.42. The Kier molecular flexibility index (Phi) is 3.89. The molecule has 0 bridgehead atoms. The molecule has 0 spiro atoms. The van der Waals surface area contributed by atoms with Crippen molar-refractivity contribution in [1.82, 2.24) is 9.55 Å². The molecular formula is C13H16ClN3O. The number of rotatable bonds is 4. The molecule has 0 aliphatic carbocycles. The zero-order valence-corrected chi connectivity index (χ0v) is 11.2. The smallest absolute Gasteiger partial charge is 0.137 e. The predicted octanol–water partition coefficient (Wildman–Crippen LogP) is 2.48. The molecule has 5 heteroatoms. The number of nitrogens with two attached hydrogens (primary N) is 1. The van der Waals surface area contributed by atoms with Gasteiger partial charge in [-0.05, 0) is 25.1 Å². The number of ether oxygens (including phenoxy) is 1. The molecule has 96 valence electrons. The van der Waals surface area contributed by atoms with Gasteiger partial charge in [-0.25, -0.2) is 4.98 Å². The van der Waals surface area contributed by atoms with Gasteiger partial charge in [0.15, 0.2) is 0 Å². The highest BCUT2D eigenvalue weighted by molar-refractivity contribution is 6.32. The van der Waals surface area contributed by atoms with E-state index < -0.39 is 0 Å². The van der Waals surface area contributed by atoms with Crippen LogP contribution in [0.15, 0.2) is 24.4 Å². The Morgan fingerprint density at radius 1 is 1.44 bits per heavy atom. The fraction of sp³-hybridized carbons (Fsp3) is 0.308. The summed E-state index contributed by atoms with van der Waals surface area (Å²) in [5, 5.41) is 0.584. The van der Waals surface area contributed by atoms with Gasteiger partial charge in [-0.3, -0.25) is 0 Å². The normalized spacial score (nSPS) is 10.7. The van der Waals surface area contributed by atoms with E-state index in [1.165, 1.54) is 0 Å². The minimum atomic E-state index is 0.584. The lowest BCUT2D eigenvalue weighted by Gasteiger charge is -2.04. The molecule has 2 N–H and O–H groups in total. The van der Waals surface area contributed by atoms with E-state index >= 15 is 0 Å². The number of halogens is 1. The number of aryl methyl sites for hydroxylation is 1. The zero-order chi connectivity index (χ0) is 13.1. The van der Waals surface area contributed by atoms with Crippen LogP contribution in [0.25, 0.3) is 11.3 Å². The molecule has 0 aliphatic heterocycles. The van der Waals surface area contributed by atoms with Crippen LogP contribution < -0.4 is 10.5 Å². The Balaban J connectivity index is 2.36. The summed E-state index contributed by atoms with van der Waals surface area (Å²) in [6.07, 6.45) is 1.99. The van der Waals surface area contributed by atoms with Crippen molar-refractivity contribution in [2.75, 3.05) is 13.7 Å². The van der Waals surface area contributed by atoms with Crippen molar-refractivity contribution >= 4 is 11.6 Å². The molecular weight excluding hydrogens is 250 g/mol. The SMILES string of the molecule is COc1ccc(-c2cn(CCN)c(C)n2)cc1Cl. The molecule has 1 aromatic carbocycles. The van der Waals surface area contributed by atoms with Crippen molar-refractivity contribution < 1.29 is 4.74 Å². The van der Waals surface area contributed by atoms with Gasteiger partial charge in [-0.15, -0.1) is 0 Å². The summed E-state index contributed by atoms with van der Waals surface area (Å²) >= 11 is 6.11. The number of benzene rings is 1. The zero-order valence-electron chi connectivity index (χ0n) is 10.5. The third-order valence-electron chi connectivity index (χ3n) is 2.79. The van der Waals surface area contributed by atoms with E-state index in [1.54, 1.807) is 7.11 Å². The van der Waals surface area contributed by atoms with Crippen LogP contribution in [0.5, 0.6) is 5.75 Å². The van der Waals surface area contributed by atoms with Gasteiger partial charge in [0.05, 0.1) is 17.8 Å². The van der Waals surface area contributed by atoms with Crippen LogP contribution in [0.4, 0.5) is 0 Å². The molecule has 0 atom stereocenters. The van der Waals surface area contributed by atoms with Gasteiger partial charge in [0.2, 0.25) is 0 Å². The molecule has 0 fully saturated rings. The van der Waals surface area contributed by atoms with E-state index in [0.29, 0.717) is 17.3 Å². The molecule has 1 aromatic heterocycles. The Bertz CT molecular complexity index is 551. The second-order valence-corrected chi connectivity index (χ2v) is 4.41. The van der Waals surface area contributed by atoms with Crippen LogP contribution in [0.2, 0.25) is 5.02 Å². The molecule has 0 saturated carbocycles. The first-order chi connectivity index (χ1) is 8.65. The Morgan fingerprint density at radius 3 is 2.83 bits per heavy atom. The molecule has 0 amide bonds. The van der Waals surface area contributed by atoms with Crippen LogP contribution in [0.3, 0.4) is 0 Å². The summed E-state index contributed by atoms with van der Waals surface area (Å²) in [6.45, 7) is 3.33. The van der Waals surface area contributed by atoms with Crippen molar-refractivity contribution in [2.45, 2.75) is 13.5 Å². The number of methoxy groups -OCH3 is 1. The van der Waals surface area contributed by atoms with Crippen molar-refractivity contribution in [3.8, 4) is 17.0 Å². The largest absolute Gasteiger partial charge is 0.495 e. The summed E-state index contributed by atoms with van der Waals surface area (Å²) in [5.41, 5.74) is 7.42. The average Bonchev–Trinajstić information content (AvgIpc) is 2.71. The molecule has 4 nitrogen and oxygen atoms in total. The summed E-state index contributed by atoms with van der Waals surface area (Å²) in [5.74, 6) is 1.61. The van der Waals surface area contributed by atoms with Crippen LogP contribution >= 0.6 is 11.6 Å². The highest BCUT2D eigenvalue weighted by Gasteiger charge is 2.08. The number of imidazole rings is 1. The highest BCUT2D eigenvalue weighted by atomic mass is 35.5. The second-order valence-electron chi connectivity index (χ2n) is 4.00. The molecule has 2 rings (SSSR count). The maximum atomic E-state index is 6.11. The standard InChI is InChI=1S/C13H16ClN3O/c1-9-16-12(8-17(9)6-5-15)10-3-4-13(18-2)11(14)7-10/h3-4,7-8H,5-6,15H2,1-2H3. The lowest BCUT2D eigenvalue weighted by Crippen LogP contribution is -2.10. The fourth-order valence-electron chi connectivity index (χ4n) is 1.84. The lowest BCUT2D eigenvalue weighted by molar-refractivity contribution is 0.415. The van der Waals surface area contributed by atoms with E-state index in [2.05, 4.69) is 4.98 Å². The average molecular weight is 266 g/mol. The third-order valence-corrected chi connectivity index (χ3v) is 3.09. The van der Waals surface area contributed by atoms with Crippen molar-refractivity contribution in [3.05, 3.63) is 35.2 Å². The maximum Gasteiger partial charge on any atom is 0.137 e. The first-order valence-electron chi connectivity index (χ1n) is 5.73. The molecule has 18 heavy (non-hydrogen) atoms. The predicted molar refractivity (Wildman–Crippen MR) is 73.0 cm³/mol. The van der Waals surface area contributed by atoms with Gasteiger partial charge in [-0.1, -0.05) is 11.6 Å². The molecule has 0 saturated heterocycles. The van der Waals surface area contributed by atoms with Crippen molar-refractivity contribution in [2.24, 2.45) is 5.73 Å². The molecule has 0 aliphatic rings. The first kappa shape index (κ1) is 12.9. The van der Waals surface area contributed by atoms with E-state index in [1.807, 2.05) is 35.9 Å². The number of nitrogens with zero attached hydrogens (tertiary/aromatic N) is 2. The van der Waals surface area contributed by atoms with Gasteiger partial charge in [0.25, 0.3) is 0 Å². The quantitative estimate of drug-likeness (QED) is 0.924. The van der Waals surface area contributed by atoms with Crippen LogP contribution in [-0.2, 0) is 6.54 Å². The van der Waals surface area contributed by atoms with Gasteiger partial charge >= 0.3 is 0 Å². The van der Waals surface area contributed by atoms with Crippen molar-refractivity contribution in [1.29, 1.82) is 0 Å². The Hall–Kier alpha value is -1.52. The third kappa shape index (κ3) is 2.49. The fourth-order valence-corrected chi connectivity index (χ4v) is 2.10. The molecule has 0 radical (unpaired) electrons. The molecule has 0 unspecified atom stereocenters. The molecule has 2 aromatic rings. The van der Waals surface area contributed by atoms with E-state index in [0.717, 1.165) is 23.6 Å². The first-order valence-corrected chi connectivity index (χ1v) is 6.11. The number of hydrogen-bond donors (Lipinski definition) is 1. The van der Waals surface area contributed by atoms with Gasteiger partial charge in [0.1, 0.15) is 11.6 Å². The maximum absolute atomic E-state index is 6.11. The monoisotopic (exact) mass is 265 g/mol. The summed E-state index contributed by atoms with van der Waals surface area (Å²) in [4.78, 5) is 4.50. The van der Waals surface area contributed by atoms with Gasteiger partial charge in [0, 0.05) is 24.8 Å². The Labute approximate surface area is 111 Å². The summed E-state index contributed by atoms with van der Waals surface area (Å²) < 4.78 is 7.16. The van der Waals surface area contributed by atoms with Gasteiger partial charge < -0.3 is 15.0 Å². The Morgan fingerprint density at radius 2 is 2.22 bits per heavy atom. The van der Waals surface area contributed by atoms with Gasteiger partial charge in [-0.2, -0.15) is 0 Å². The van der Waals surface area contributed by atoms with E-state index in [4.69, 9.17) is 22.1 Å². The molecule has 1 heterocycles. The minimum absolute atomic E-state index is 0.584. The van der Waals surface area contributed by atoms with Crippen LogP contribution in [0, 0.1) is 6.92 Å². The summed E-state index contributed by atoms with van der Waals surface area (Å²) in [6, 6.07) is 5.64. The van der Waals surface area contributed by atoms with Crippen LogP contribution in [0.1, 0.15) is 5.82 Å². The number of hydrogen-bond acceptors (Lipinski definition) is 3. The topological polar surface area (TPSA) is 53.1 Å². The van der Waals surface area contributed by atoms with E-state index in [9.17, 15) is 0 Å². The summed E-state index contributed by atoms with van der Waals surface area (Å²) in [7, 11) is 1.60.